The molecule has 1 aliphatic heterocycles. The number of hydrogen-bond donors (Lipinski definition) is 2. The average molecular weight is 332 g/mol. The van der Waals surface area contributed by atoms with Crippen LogP contribution in [0.3, 0.4) is 0 Å². The van der Waals surface area contributed by atoms with Crippen LogP contribution in [0, 0.1) is 0 Å². The molecule has 0 radical (unpaired) electrons. The zero-order chi connectivity index (χ0) is 16.9. The lowest BCUT2D eigenvalue weighted by atomic mass is 10.2. The maximum absolute atomic E-state index is 4.61. The molecule has 0 spiro atoms. The number of para-hydroxylation sites is 1. The molecule has 1 saturated heterocycles. The highest BCUT2D eigenvalue weighted by atomic mass is 15.2. The van der Waals surface area contributed by atoms with Gasteiger partial charge in [-0.1, -0.05) is 18.2 Å². The van der Waals surface area contributed by atoms with Crippen molar-refractivity contribution < 1.29 is 0 Å². The first kappa shape index (κ1) is 15.5. The summed E-state index contributed by atoms with van der Waals surface area (Å²) in [5.41, 5.74) is 2.80. The Hall–Kier alpha value is -2.99. The highest BCUT2D eigenvalue weighted by molar-refractivity contribution is 5.62. The van der Waals surface area contributed by atoms with Crippen LogP contribution < -0.4 is 15.5 Å². The minimum atomic E-state index is 0.579. The Kier molecular flexibility index (Phi) is 4.52. The summed E-state index contributed by atoms with van der Waals surface area (Å²) in [6.07, 6.45) is 3.64. The minimum absolute atomic E-state index is 0.579. The Morgan fingerprint density at radius 3 is 2.52 bits per heavy atom. The predicted octanol–water partition coefficient (Wildman–Crippen LogP) is 2.69. The normalized spacial score (nSPS) is 14.3. The van der Waals surface area contributed by atoms with Gasteiger partial charge in [0.1, 0.15) is 5.82 Å². The molecule has 2 N–H and O–H groups in total. The monoisotopic (exact) mass is 332 g/mol. The lowest BCUT2D eigenvalue weighted by Gasteiger charge is -2.28. The summed E-state index contributed by atoms with van der Waals surface area (Å²) in [6, 6.07) is 15.9. The molecule has 1 aliphatic rings. The summed E-state index contributed by atoms with van der Waals surface area (Å²) in [5.74, 6) is 1.59. The second kappa shape index (κ2) is 7.27. The molecule has 0 amide bonds. The van der Waals surface area contributed by atoms with E-state index < -0.39 is 0 Å². The Balaban J connectivity index is 1.52. The predicted molar refractivity (Wildman–Crippen MR) is 100 cm³/mol. The molecule has 0 unspecified atom stereocenters. The number of aromatic nitrogens is 3. The summed E-state index contributed by atoms with van der Waals surface area (Å²) in [7, 11) is 0. The number of nitrogens with zero attached hydrogens (tertiary/aromatic N) is 4. The number of pyridine rings is 1. The van der Waals surface area contributed by atoms with Crippen LogP contribution in [-0.2, 0) is 0 Å². The molecule has 6 nitrogen and oxygen atoms in total. The Labute approximate surface area is 147 Å². The van der Waals surface area contributed by atoms with Crippen molar-refractivity contribution in [3.63, 3.8) is 0 Å². The topological polar surface area (TPSA) is 66.0 Å². The number of piperazine rings is 1. The summed E-state index contributed by atoms with van der Waals surface area (Å²) in [6.45, 7) is 3.99. The van der Waals surface area contributed by atoms with E-state index in [1.165, 1.54) is 0 Å². The van der Waals surface area contributed by atoms with Gasteiger partial charge in [0.2, 0.25) is 5.95 Å². The molecule has 1 aromatic carbocycles. The fraction of sp³-hybridized carbons (Fsp3) is 0.211. The van der Waals surface area contributed by atoms with Gasteiger partial charge in [0.15, 0.2) is 0 Å². The number of nitrogens with one attached hydrogen (secondary N) is 2. The Morgan fingerprint density at radius 2 is 1.76 bits per heavy atom. The first-order valence-electron chi connectivity index (χ1n) is 8.46. The van der Waals surface area contributed by atoms with E-state index in [4.69, 9.17) is 0 Å². The highest BCUT2D eigenvalue weighted by Crippen LogP contribution is 2.21. The zero-order valence-corrected chi connectivity index (χ0v) is 13.9. The van der Waals surface area contributed by atoms with Gasteiger partial charge >= 0.3 is 0 Å². The van der Waals surface area contributed by atoms with Crippen molar-refractivity contribution >= 4 is 17.5 Å². The molecule has 4 rings (SSSR count). The Bertz CT molecular complexity index is 813. The number of rotatable bonds is 4. The fourth-order valence-electron chi connectivity index (χ4n) is 2.85. The molecule has 3 aromatic rings. The molecule has 6 heteroatoms. The van der Waals surface area contributed by atoms with Gasteiger partial charge in [0.05, 0.1) is 5.69 Å². The van der Waals surface area contributed by atoms with Crippen molar-refractivity contribution in [2.75, 3.05) is 36.4 Å². The van der Waals surface area contributed by atoms with Gasteiger partial charge in [0.25, 0.3) is 0 Å². The molecule has 3 heterocycles. The van der Waals surface area contributed by atoms with E-state index in [1.54, 1.807) is 6.20 Å². The molecule has 0 aliphatic carbocycles. The van der Waals surface area contributed by atoms with E-state index in [9.17, 15) is 0 Å². The molecule has 126 valence electrons. The number of benzene rings is 1. The van der Waals surface area contributed by atoms with Crippen LogP contribution in [0.5, 0.6) is 0 Å². The van der Waals surface area contributed by atoms with E-state index in [1.807, 2.05) is 42.6 Å². The van der Waals surface area contributed by atoms with Gasteiger partial charge in [-0.05, 0) is 30.3 Å². The molecule has 0 saturated carbocycles. The molecule has 2 aromatic heterocycles. The van der Waals surface area contributed by atoms with Crippen molar-refractivity contribution in [3.8, 4) is 11.3 Å². The second-order valence-corrected chi connectivity index (χ2v) is 5.90. The van der Waals surface area contributed by atoms with Gasteiger partial charge in [-0.3, -0.25) is 0 Å². The molecular weight excluding hydrogens is 312 g/mol. The third kappa shape index (κ3) is 3.75. The first-order valence-corrected chi connectivity index (χ1v) is 8.46. The van der Waals surface area contributed by atoms with Crippen LogP contribution in [0.15, 0.2) is 60.9 Å². The Morgan fingerprint density at radius 1 is 0.920 bits per heavy atom. The smallest absolute Gasteiger partial charge is 0.227 e. The van der Waals surface area contributed by atoms with E-state index in [2.05, 4.69) is 42.6 Å². The van der Waals surface area contributed by atoms with E-state index in [0.717, 1.165) is 48.9 Å². The summed E-state index contributed by atoms with van der Waals surface area (Å²) >= 11 is 0. The number of anilines is 3. The van der Waals surface area contributed by atoms with Crippen LogP contribution >= 0.6 is 0 Å². The average Bonchev–Trinajstić information content (AvgIpc) is 2.70. The molecule has 0 atom stereocenters. The first-order chi connectivity index (χ1) is 12.4. The van der Waals surface area contributed by atoms with Crippen LogP contribution in [0.1, 0.15) is 0 Å². The zero-order valence-electron chi connectivity index (χ0n) is 13.9. The van der Waals surface area contributed by atoms with Crippen molar-refractivity contribution in [3.05, 3.63) is 60.9 Å². The minimum Gasteiger partial charge on any atom is -0.354 e. The summed E-state index contributed by atoms with van der Waals surface area (Å²) in [5, 5.41) is 6.57. The second-order valence-electron chi connectivity index (χ2n) is 5.90. The van der Waals surface area contributed by atoms with Crippen molar-refractivity contribution in [1.82, 2.24) is 20.3 Å². The molecule has 0 bridgehead atoms. The van der Waals surface area contributed by atoms with Crippen LogP contribution in [0.4, 0.5) is 17.5 Å². The lowest BCUT2D eigenvalue weighted by Crippen LogP contribution is -2.43. The van der Waals surface area contributed by atoms with Crippen molar-refractivity contribution in [1.29, 1.82) is 0 Å². The van der Waals surface area contributed by atoms with Gasteiger partial charge in [-0.2, -0.15) is 0 Å². The van der Waals surface area contributed by atoms with Crippen molar-refractivity contribution in [2.45, 2.75) is 0 Å². The molecular formula is C19H20N6. The fourth-order valence-corrected chi connectivity index (χ4v) is 2.85. The third-order valence-corrected chi connectivity index (χ3v) is 4.17. The van der Waals surface area contributed by atoms with Gasteiger partial charge < -0.3 is 15.5 Å². The SMILES string of the molecule is c1ccc(Nc2nccc(-c3ccc(N4CCNCC4)nc3)n2)cc1. The standard InChI is InChI=1S/C19H20N6/c1-2-4-16(5-3-1)23-19-21-9-8-17(24-19)15-6-7-18(22-14-15)25-12-10-20-11-13-25/h1-9,14,20H,10-13H2,(H,21,23,24). The summed E-state index contributed by atoms with van der Waals surface area (Å²) < 4.78 is 0. The van der Waals surface area contributed by atoms with Crippen molar-refractivity contribution in [2.24, 2.45) is 0 Å². The largest absolute Gasteiger partial charge is 0.354 e. The summed E-state index contributed by atoms with van der Waals surface area (Å²) in [4.78, 5) is 15.8. The lowest BCUT2D eigenvalue weighted by molar-refractivity contribution is 0.585. The van der Waals surface area contributed by atoms with Crippen LogP contribution in [-0.4, -0.2) is 41.1 Å². The third-order valence-electron chi connectivity index (χ3n) is 4.17. The molecule has 25 heavy (non-hydrogen) atoms. The van der Waals surface area contributed by atoms with Crippen LogP contribution in [0.25, 0.3) is 11.3 Å². The van der Waals surface area contributed by atoms with E-state index >= 15 is 0 Å². The van der Waals surface area contributed by atoms with Crippen LogP contribution in [0.2, 0.25) is 0 Å². The van der Waals surface area contributed by atoms with E-state index in [0.29, 0.717) is 5.95 Å². The van der Waals surface area contributed by atoms with E-state index in [-0.39, 0.29) is 0 Å². The highest BCUT2D eigenvalue weighted by Gasteiger charge is 2.11. The van der Waals surface area contributed by atoms with Gasteiger partial charge in [-0.25, -0.2) is 15.0 Å². The van der Waals surface area contributed by atoms with Gasteiger partial charge in [0, 0.05) is 49.8 Å². The quantitative estimate of drug-likeness (QED) is 0.766. The van der Waals surface area contributed by atoms with Gasteiger partial charge in [-0.15, -0.1) is 0 Å². The maximum atomic E-state index is 4.61. The number of hydrogen-bond acceptors (Lipinski definition) is 6. The maximum Gasteiger partial charge on any atom is 0.227 e. The molecule has 1 fully saturated rings.